The van der Waals surface area contributed by atoms with Crippen molar-refractivity contribution in [2.45, 2.75) is 59.4 Å². The third-order valence-corrected chi connectivity index (χ3v) is 4.84. The fourth-order valence-corrected chi connectivity index (χ4v) is 3.26. The SMILES string of the molecule is CCc1noc(CC)c1CNC(=NC)NCC(C)(C)c1ccccc1C.I. The summed E-state index contributed by atoms with van der Waals surface area (Å²) < 4.78 is 5.44. The predicted molar refractivity (Wildman–Crippen MR) is 123 cm³/mol. The summed E-state index contributed by atoms with van der Waals surface area (Å²) in [6.45, 7) is 12.3. The normalized spacial score (nSPS) is 11.9. The van der Waals surface area contributed by atoms with Crippen LogP contribution in [-0.4, -0.2) is 24.7 Å². The Kier molecular flexibility index (Phi) is 9.29. The van der Waals surface area contributed by atoms with Gasteiger partial charge in [0.2, 0.25) is 0 Å². The molecule has 27 heavy (non-hydrogen) atoms. The van der Waals surface area contributed by atoms with Gasteiger partial charge >= 0.3 is 0 Å². The molecule has 150 valence electrons. The molecular formula is C21H33IN4O. The van der Waals surface area contributed by atoms with Crippen molar-refractivity contribution in [2.24, 2.45) is 4.99 Å². The molecule has 0 unspecified atom stereocenters. The lowest BCUT2D eigenvalue weighted by Crippen LogP contribution is -2.43. The highest BCUT2D eigenvalue weighted by atomic mass is 127. The molecule has 1 heterocycles. The molecule has 6 heteroatoms. The summed E-state index contributed by atoms with van der Waals surface area (Å²) in [5.74, 6) is 1.74. The molecule has 0 radical (unpaired) electrons. The minimum Gasteiger partial charge on any atom is -0.361 e. The zero-order valence-corrected chi connectivity index (χ0v) is 19.7. The molecule has 2 N–H and O–H groups in total. The van der Waals surface area contributed by atoms with Gasteiger partial charge in [-0.05, 0) is 24.5 Å². The predicted octanol–water partition coefficient (Wildman–Crippen LogP) is 4.37. The molecule has 0 amide bonds. The highest BCUT2D eigenvalue weighted by molar-refractivity contribution is 14.0. The number of aliphatic imine (C=N–C) groups is 1. The molecule has 0 aliphatic carbocycles. The molecule has 0 saturated heterocycles. The van der Waals surface area contributed by atoms with Gasteiger partial charge in [0.05, 0.1) is 5.69 Å². The minimum atomic E-state index is 0. The maximum absolute atomic E-state index is 5.44. The van der Waals surface area contributed by atoms with Crippen LogP contribution < -0.4 is 10.6 Å². The summed E-state index contributed by atoms with van der Waals surface area (Å²) in [6.07, 6.45) is 1.71. The Labute approximate surface area is 180 Å². The molecule has 0 aliphatic heterocycles. The number of guanidine groups is 1. The van der Waals surface area contributed by atoms with E-state index in [0.717, 1.165) is 42.4 Å². The first-order valence-electron chi connectivity index (χ1n) is 9.39. The topological polar surface area (TPSA) is 62.5 Å². The van der Waals surface area contributed by atoms with Crippen LogP contribution in [-0.2, 0) is 24.8 Å². The van der Waals surface area contributed by atoms with Crippen LogP contribution in [0.15, 0.2) is 33.8 Å². The van der Waals surface area contributed by atoms with Crippen LogP contribution in [0.1, 0.15) is 55.8 Å². The summed E-state index contributed by atoms with van der Waals surface area (Å²) in [5.41, 5.74) is 4.83. The summed E-state index contributed by atoms with van der Waals surface area (Å²) in [5, 5.41) is 11.0. The Balaban J connectivity index is 0.00000364. The summed E-state index contributed by atoms with van der Waals surface area (Å²) in [6, 6.07) is 8.54. The first-order valence-corrected chi connectivity index (χ1v) is 9.39. The van der Waals surface area contributed by atoms with E-state index in [-0.39, 0.29) is 29.4 Å². The summed E-state index contributed by atoms with van der Waals surface area (Å²) >= 11 is 0. The molecule has 5 nitrogen and oxygen atoms in total. The van der Waals surface area contributed by atoms with Gasteiger partial charge in [-0.1, -0.05) is 57.1 Å². The number of aromatic nitrogens is 1. The van der Waals surface area contributed by atoms with E-state index in [0.29, 0.717) is 6.54 Å². The largest absolute Gasteiger partial charge is 0.361 e. The lowest BCUT2D eigenvalue weighted by molar-refractivity contribution is 0.380. The lowest BCUT2D eigenvalue weighted by atomic mass is 9.82. The number of nitrogens with zero attached hydrogens (tertiary/aromatic N) is 2. The Hall–Kier alpha value is -1.57. The average molecular weight is 484 g/mol. The van der Waals surface area contributed by atoms with Crippen molar-refractivity contribution in [1.29, 1.82) is 0 Å². The molecule has 1 aromatic heterocycles. The number of hydrogen-bond acceptors (Lipinski definition) is 3. The number of rotatable bonds is 7. The Bertz CT molecular complexity index is 731. The fourth-order valence-electron chi connectivity index (χ4n) is 3.26. The molecule has 0 fully saturated rings. The van der Waals surface area contributed by atoms with Gasteiger partial charge in [0.1, 0.15) is 5.76 Å². The van der Waals surface area contributed by atoms with Crippen LogP contribution in [0.4, 0.5) is 0 Å². The van der Waals surface area contributed by atoms with Crippen molar-refractivity contribution in [3.63, 3.8) is 0 Å². The van der Waals surface area contributed by atoms with Gasteiger partial charge in [0.15, 0.2) is 5.96 Å². The van der Waals surface area contributed by atoms with Crippen LogP contribution in [0, 0.1) is 6.92 Å². The number of nitrogens with one attached hydrogen (secondary N) is 2. The van der Waals surface area contributed by atoms with Crippen molar-refractivity contribution in [3.8, 4) is 0 Å². The van der Waals surface area contributed by atoms with Crippen molar-refractivity contribution < 1.29 is 4.52 Å². The van der Waals surface area contributed by atoms with Crippen LogP contribution in [0.3, 0.4) is 0 Å². The second kappa shape index (κ2) is 10.7. The monoisotopic (exact) mass is 484 g/mol. The van der Waals surface area contributed by atoms with E-state index < -0.39 is 0 Å². The molecular weight excluding hydrogens is 451 g/mol. The number of halogens is 1. The van der Waals surface area contributed by atoms with E-state index in [9.17, 15) is 0 Å². The van der Waals surface area contributed by atoms with E-state index in [1.807, 2.05) is 0 Å². The van der Waals surface area contributed by atoms with E-state index in [2.05, 4.69) is 79.7 Å². The fraction of sp³-hybridized carbons (Fsp3) is 0.524. The standard InChI is InChI=1S/C21H32N4O.HI/c1-7-18-16(19(8-2)26-25-18)13-23-20(22-6)24-14-21(4,5)17-12-10-9-11-15(17)3;/h9-12H,7-8,13-14H2,1-6H3,(H2,22,23,24);1H. The lowest BCUT2D eigenvalue weighted by Gasteiger charge is -2.28. The smallest absolute Gasteiger partial charge is 0.191 e. The van der Waals surface area contributed by atoms with Crippen LogP contribution in [0.5, 0.6) is 0 Å². The zero-order valence-electron chi connectivity index (χ0n) is 17.3. The molecule has 0 aliphatic rings. The molecule has 0 spiro atoms. The highest BCUT2D eigenvalue weighted by Gasteiger charge is 2.22. The molecule has 0 bridgehead atoms. The van der Waals surface area contributed by atoms with Gasteiger partial charge in [-0.3, -0.25) is 4.99 Å². The number of aryl methyl sites for hydroxylation is 3. The highest BCUT2D eigenvalue weighted by Crippen LogP contribution is 2.25. The first-order chi connectivity index (χ1) is 12.4. The Morgan fingerprint density at radius 2 is 1.85 bits per heavy atom. The van der Waals surface area contributed by atoms with Crippen LogP contribution in [0.25, 0.3) is 0 Å². The minimum absolute atomic E-state index is 0. The van der Waals surface area contributed by atoms with Gasteiger partial charge in [-0.25, -0.2) is 0 Å². The second-order valence-corrected chi connectivity index (χ2v) is 7.22. The average Bonchev–Trinajstić information content (AvgIpc) is 3.04. The molecule has 1 aromatic carbocycles. The first kappa shape index (κ1) is 23.5. The Morgan fingerprint density at radius 1 is 1.15 bits per heavy atom. The van der Waals surface area contributed by atoms with E-state index in [1.54, 1.807) is 7.05 Å². The Morgan fingerprint density at radius 3 is 2.44 bits per heavy atom. The quantitative estimate of drug-likeness (QED) is 0.348. The maximum Gasteiger partial charge on any atom is 0.191 e. The van der Waals surface area contributed by atoms with Gasteiger partial charge in [-0.15, -0.1) is 24.0 Å². The van der Waals surface area contributed by atoms with Crippen molar-refractivity contribution in [1.82, 2.24) is 15.8 Å². The molecule has 2 rings (SSSR count). The zero-order chi connectivity index (χ0) is 19.2. The third-order valence-electron chi connectivity index (χ3n) is 4.84. The van der Waals surface area contributed by atoms with Crippen LogP contribution >= 0.6 is 24.0 Å². The van der Waals surface area contributed by atoms with Gasteiger partial charge < -0.3 is 15.2 Å². The summed E-state index contributed by atoms with van der Waals surface area (Å²) in [4.78, 5) is 4.36. The van der Waals surface area contributed by atoms with Gasteiger partial charge in [0, 0.05) is 37.5 Å². The van der Waals surface area contributed by atoms with E-state index in [4.69, 9.17) is 4.52 Å². The summed E-state index contributed by atoms with van der Waals surface area (Å²) in [7, 11) is 1.80. The number of hydrogen-bond donors (Lipinski definition) is 2. The molecule has 0 saturated carbocycles. The van der Waals surface area contributed by atoms with E-state index in [1.165, 1.54) is 11.1 Å². The van der Waals surface area contributed by atoms with Crippen molar-refractivity contribution in [2.75, 3.05) is 13.6 Å². The van der Waals surface area contributed by atoms with Gasteiger partial charge in [0.25, 0.3) is 0 Å². The molecule has 0 atom stereocenters. The third kappa shape index (κ3) is 5.96. The van der Waals surface area contributed by atoms with Crippen molar-refractivity contribution >= 4 is 29.9 Å². The van der Waals surface area contributed by atoms with Crippen LogP contribution in [0.2, 0.25) is 0 Å². The van der Waals surface area contributed by atoms with Gasteiger partial charge in [-0.2, -0.15) is 0 Å². The van der Waals surface area contributed by atoms with E-state index >= 15 is 0 Å². The van der Waals surface area contributed by atoms with Crippen molar-refractivity contribution in [3.05, 3.63) is 52.4 Å². The second-order valence-electron chi connectivity index (χ2n) is 7.22. The molecule has 2 aromatic rings. The maximum atomic E-state index is 5.44. The number of benzene rings is 1.